The van der Waals surface area contributed by atoms with Crippen LogP contribution in [0.5, 0.6) is 5.75 Å². The van der Waals surface area contributed by atoms with Crippen molar-refractivity contribution in [2.24, 2.45) is 0 Å². The molecule has 1 aliphatic heterocycles. The highest BCUT2D eigenvalue weighted by Crippen LogP contribution is 2.30. The zero-order valence-electron chi connectivity index (χ0n) is 18.7. The Labute approximate surface area is 184 Å². The lowest BCUT2D eigenvalue weighted by Gasteiger charge is -2.19. The zero-order chi connectivity index (χ0) is 22.0. The standard InChI is InChI=1S/C26H31N3O2/c1-5-14-28-18-19(17-24(28)30)25-27-22-8-6-7-9-23(22)29(25)15-16-31-21-12-10-20(11-13-21)26(2,3)4/h5-13,19H,1,14-18H2,2-4H3/t19-/m0/s1. The lowest BCUT2D eigenvalue weighted by Crippen LogP contribution is -2.25. The first kappa shape index (κ1) is 21.2. The van der Waals surface area contributed by atoms with Crippen molar-refractivity contribution < 1.29 is 9.53 Å². The van der Waals surface area contributed by atoms with E-state index in [-0.39, 0.29) is 17.2 Å². The predicted octanol–water partition coefficient (Wildman–Crippen LogP) is 4.91. The maximum atomic E-state index is 12.4. The highest BCUT2D eigenvalue weighted by atomic mass is 16.5. The van der Waals surface area contributed by atoms with E-state index < -0.39 is 0 Å². The molecule has 1 aromatic heterocycles. The minimum atomic E-state index is 0.0888. The van der Waals surface area contributed by atoms with Crippen molar-refractivity contribution in [3.8, 4) is 5.75 Å². The second-order valence-corrected chi connectivity index (χ2v) is 9.22. The van der Waals surface area contributed by atoms with Crippen LogP contribution in [0, 0.1) is 0 Å². The normalized spacial score (nSPS) is 16.8. The second kappa shape index (κ2) is 8.58. The van der Waals surface area contributed by atoms with E-state index >= 15 is 0 Å². The number of fused-ring (bicyclic) bond motifs is 1. The van der Waals surface area contributed by atoms with Crippen molar-refractivity contribution >= 4 is 16.9 Å². The van der Waals surface area contributed by atoms with Crippen molar-refractivity contribution in [3.63, 3.8) is 0 Å². The molecular formula is C26H31N3O2. The van der Waals surface area contributed by atoms with Crippen molar-refractivity contribution in [1.29, 1.82) is 0 Å². The fraction of sp³-hybridized carbons (Fsp3) is 0.385. The monoisotopic (exact) mass is 417 g/mol. The Bertz CT molecular complexity index is 1080. The molecule has 1 amide bonds. The first-order valence-corrected chi connectivity index (χ1v) is 10.9. The summed E-state index contributed by atoms with van der Waals surface area (Å²) >= 11 is 0. The topological polar surface area (TPSA) is 47.4 Å². The quantitative estimate of drug-likeness (QED) is 0.513. The number of para-hydroxylation sites is 2. The Balaban J connectivity index is 1.51. The van der Waals surface area contributed by atoms with Gasteiger partial charge in [-0.3, -0.25) is 4.79 Å². The Kier molecular flexibility index (Phi) is 5.86. The molecular weight excluding hydrogens is 386 g/mol. The smallest absolute Gasteiger partial charge is 0.223 e. The van der Waals surface area contributed by atoms with Gasteiger partial charge in [0.05, 0.1) is 17.6 Å². The summed E-state index contributed by atoms with van der Waals surface area (Å²) in [5.41, 5.74) is 3.46. The average Bonchev–Trinajstić information content (AvgIpc) is 3.29. The molecule has 1 fully saturated rings. The average molecular weight is 418 g/mol. The van der Waals surface area contributed by atoms with E-state index in [2.05, 4.69) is 50.1 Å². The van der Waals surface area contributed by atoms with Gasteiger partial charge in [0.25, 0.3) is 0 Å². The lowest BCUT2D eigenvalue weighted by molar-refractivity contribution is -0.127. The van der Waals surface area contributed by atoms with Gasteiger partial charge in [0.15, 0.2) is 0 Å². The van der Waals surface area contributed by atoms with Crippen LogP contribution in [0.4, 0.5) is 0 Å². The van der Waals surface area contributed by atoms with Crippen molar-refractivity contribution in [2.45, 2.75) is 45.1 Å². The minimum Gasteiger partial charge on any atom is -0.492 e. The van der Waals surface area contributed by atoms with Crippen LogP contribution in [0.2, 0.25) is 0 Å². The van der Waals surface area contributed by atoms with Crippen LogP contribution in [0.25, 0.3) is 11.0 Å². The Morgan fingerprint density at radius 1 is 1.16 bits per heavy atom. The van der Waals surface area contributed by atoms with E-state index in [0.717, 1.165) is 22.6 Å². The second-order valence-electron chi connectivity index (χ2n) is 9.22. The molecule has 1 aliphatic rings. The Morgan fingerprint density at radius 2 is 1.90 bits per heavy atom. The highest BCUT2D eigenvalue weighted by molar-refractivity contribution is 5.81. The molecule has 0 aliphatic carbocycles. The molecule has 31 heavy (non-hydrogen) atoms. The van der Waals surface area contributed by atoms with E-state index in [0.29, 0.717) is 32.7 Å². The third-order valence-corrected chi connectivity index (χ3v) is 5.92. The summed E-state index contributed by atoms with van der Waals surface area (Å²) in [6.45, 7) is 12.9. The molecule has 4 rings (SSSR count). The molecule has 0 bridgehead atoms. The van der Waals surface area contributed by atoms with Gasteiger partial charge in [-0.05, 0) is 35.2 Å². The predicted molar refractivity (Wildman–Crippen MR) is 125 cm³/mol. The molecule has 2 aromatic carbocycles. The first-order chi connectivity index (χ1) is 14.9. The Hall–Kier alpha value is -3.08. The number of amides is 1. The van der Waals surface area contributed by atoms with E-state index in [9.17, 15) is 4.79 Å². The van der Waals surface area contributed by atoms with Crippen LogP contribution in [0.3, 0.4) is 0 Å². The molecule has 0 saturated carbocycles. The molecule has 5 nitrogen and oxygen atoms in total. The molecule has 1 atom stereocenters. The number of likely N-dealkylation sites (tertiary alicyclic amines) is 1. The van der Waals surface area contributed by atoms with Crippen LogP contribution in [0.15, 0.2) is 61.2 Å². The zero-order valence-corrected chi connectivity index (χ0v) is 18.7. The summed E-state index contributed by atoms with van der Waals surface area (Å²) in [5, 5.41) is 0. The van der Waals surface area contributed by atoms with Crippen LogP contribution < -0.4 is 4.74 Å². The number of benzene rings is 2. The van der Waals surface area contributed by atoms with Crippen molar-refractivity contribution in [2.75, 3.05) is 19.7 Å². The number of hydrogen-bond acceptors (Lipinski definition) is 3. The van der Waals surface area contributed by atoms with Gasteiger partial charge in [0.1, 0.15) is 18.2 Å². The van der Waals surface area contributed by atoms with Gasteiger partial charge in [-0.1, -0.05) is 51.1 Å². The number of carbonyl (C=O) groups is 1. The molecule has 0 N–H and O–H groups in total. The van der Waals surface area contributed by atoms with E-state index in [1.165, 1.54) is 5.56 Å². The lowest BCUT2D eigenvalue weighted by atomic mass is 9.87. The van der Waals surface area contributed by atoms with Gasteiger partial charge in [-0.25, -0.2) is 4.98 Å². The summed E-state index contributed by atoms with van der Waals surface area (Å²) in [6.07, 6.45) is 2.27. The molecule has 3 aromatic rings. The Morgan fingerprint density at radius 3 is 2.61 bits per heavy atom. The number of rotatable bonds is 7. The number of imidazole rings is 1. The molecule has 0 radical (unpaired) electrons. The van der Waals surface area contributed by atoms with E-state index in [1.807, 2.05) is 35.2 Å². The van der Waals surface area contributed by atoms with E-state index in [4.69, 9.17) is 9.72 Å². The number of ether oxygens (including phenoxy) is 1. The van der Waals surface area contributed by atoms with E-state index in [1.54, 1.807) is 6.08 Å². The van der Waals surface area contributed by atoms with Gasteiger partial charge in [0, 0.05) is 25.4 Å². The number of hydrogen-bond donors (Lipinski definition) is 0. The van der Waals surface area contributed by atoms with Gasteiger partial charge in [0.2, 0.25) is 5.91 Å². The number of aromatic nitrogens is 2. The maximum Gasteiger partial charge on any atom is 0.223 e. The van der Waals surface area contributed by atoms with Crippen LogP contribution >= 0.6 is 0 Å². The van der Waals surface area contributed by atoms with Gasteiger partial charge in [-0.2, -0.15) is 0 Å². The first-order valence-electron chi connectivity index (χ1n) is 10.9. The molecule has 162 valence electrons. The van der Waals surface area contributed by atoms with Gasteiger partial charge >= 0.3 is 0 Å². The van der Waals surface area contributed by atoms with Crippen molar-refractivity contribution in [1.82, 2.24) is 14.5 Å². The molecule has 2 heterocycles. The summed E-state index contributed by atoms with van der Waals surface area (Å²) in [4.78, 5) is 19.1. The number of nitrogens with zero attached hydrogens (tertiary/aromatic N) is 3. The van der Waals surface area contributed by atoms with Crippen LogP contribution in [0.1, 0.15) is 44.5 Å². The third-order valence-electron chi connectivity index (χ3n) is 5.92. The highest BCUT2D eigenvalue weighted by Gasteiger charge is 2.33. The fourth-order valence-corrected chi connectivity index (χ4v) is 4.22. The summed E-state index contributed by atoms with van der Waals surface area (Å²) in [5.74, 6) is 2.09. The van der Waals surface area contributed by atoms with Gasteiger partial charge < -0.3 is 14.2 Å². The largest absolute Gasteiger partial charge is 0.492 e. The summed E-state index contributed by atoms with van der Waals surface area (Å²) in [6, 6.07) is 16.5. The molecule has 5 heteroatoms. The molecule has 0 unspecified atom stereocenters. The molecule has 0 spiro atoms. The summed E-state index contributed by atoms with van der Waals surface area (Å²) in [7, 11) is 0. The summed E-state index contributed by atoms with van der Waals surface area (Å²) < 4.78 is 8.27. The van der Waals surface area contributed by atoms with Crippen LogP contribution in [-0.4, -0.2) is 40.1 Å². The van der Waals surface area contributed by atoms with Gasteiger partial charge in [-0.15, -0.1) is 6.58 Å². The minimum absolute atomic E-state index is 0.0888. The third kappa shape index (κ3) is 4.50. The fourth-order valence-electron chi connectivity index (χ4n) is 4.22. The van der Waals surface area contributed by atoms with Crippen molar-refractivity contribution in [3.05, 3.63) is 72.6 Å². The SMILES string of the molecule is C=CCN1C[C@@H](c2nc3ccccc3n2CCOc2ccc(C(C)(C)C)cc2)CC1=O. The van der Waals surface area contributed by atoms with Crippen LogP contribution in [-0.2, 0) is 16.8 Å². The molecule has 1 saturated heterocycles. The number of carbonyl (C=O) groups excluding carboxylic acids is 1. The maximum absolute atomic E-state index is 12.4.